The van der Waals surface area contributed by atoms with Crippen LogP contribution in [0, 0.1) is 20.8 Å². The van der Waals surface area contributed by atoms with Crippen LogP contribution in [0.3, 0.4) is 0 Å². The molecule has 2 heterocycles. The van der Waals surface area contributed by atoms with Gasteiger partial charge in [0.15, 0.2) is 0 Å². The van der Waals surface area contributed by atoms with Gasteiger partial charge in [-0.2, -0.15) is 0 Å². The zero-order valence-electron chi connectivity index (χ0n) is 14.7. The number of amides is 1. The first kappa shape index (κ1) is 16.7. The van der Waals surface area contributed by atoms with Gasteiger partial charge < -0.3 is 14.5 Å². The van der Waals surface area contributed by atoms with Crippen LogP contribution >= 0.6 is 0 Å². The highest BCUT2D eigenvalue weighted by atomic mass is 16.2. The van der Waals surface area contributed by atoms with E-state index in [0.717, 1.165) is 22.8 Å². The molecule has 0 bridgehead atoms. The van der Waals surface area contributed by atoms with Crippen LogP contribution in [-0.4, -0.2) is 20.0 Å². The van der Waals surface area contributed by atoms with E-state index < -0.39 is 0 Å². The second-order valence-electron chi connectivity index (χ2n) is 6.07. The topological polar surface area (TPSA) is 68.9 Å². The fourth-order valence-corrected chi connectivity index (χ4v) is 2.57. The van der Waals surface area contributed by atoms with Crippen molar-refractivity contribution in [1.82, 2.24) is 14.1 Å². The number of anilines is 1. The molecule has 0 atom stereocenters. The summed E-state index contributed by atoms with van der Waals surface area (Å²) in [6.45, 7) is 5.77. The van der Waals surface area contributed by atoms with Crippen molar-refractivity contribution in [3.8, 4) is 5.69 Å². The van der Waals surface area contributed by atoms with E-state index in [1.165, 1.54) is 10.6 Å². The molecule has 3 rings (SSSR count). The maximum atomic E-state index is 12.4. The van der Waals surface area contributed by atoms with Gasteiger partial charge >= 0.3 is 0 Å². The first-order valence-electron chi connectivity index (χ1n) is 7.97. The molecular formula is C19H20N4O2. The van der Waals surface area contributed by atoms with Crippen LogP contribution in [0.25, 0.3) is 5.69 Å². The zero-order chi connectivity index (χ0) is 18.1. The van der Waals surface area contributed by atoms with E-state index >= 15 is 0 Å². The summed E-state index contributed by atoms with van der Waals surface area (Å²) in [5, 5.41) is 2.82. The monoisotopic (exact) mass is 336 g/mol. The Hall–Kier alpha value is -3.15. The second kappa shape index (κ2) is 6.39. The van der Waals surface area contributed by atoms with Crippen molar-refractivity contribution in [1.29, 1.82) is 0 Å². The molecule has 0 aliphatic heterocycles. The van der Waals surface area contributed by atoms with Crippen LogP contribution in [-0.2, 0) is 7.05 Å². The van der Waals surface area contributed by atoms with Gasteiger partial charge in [-0.1, -0.05) is 0 Å². The third kappa shape index (κ3) is 3.24. The van der Waals surface area contributed by atoms with Gasteiger partial charge in [0.05, 0.1) is 12.0 Å². The van der Waals surface area contributed by atoms with Gasteiger partial charge in [0.2, 0.25) is 0 Å². The Morgan fingerprint density at radius 1 is 1.08 bits per heavy atom. The highest BCUT2D eigenvalue weighted by Crippen LogP contribution is 2.17. The molecule has 0 saturated heterocycles. The summed E-state index contributed by atoms with van der Waals surface area (Å²) in [5.41, 5.74) is 4.59. The molecule has 3 aromatic rings. The van der Waals surface area contributed by atoms with E-state index in [1.807, 2.05) is 42.7 Å². The van der Waals surface area contributed by atoms with Crippen LogP contribution in [0.2, 0.25) is 0 Å². The van der Waals surface area contributed by atoms with E-state index in [4.69, 9.17) is 0 Å². The summed E-state index contributed by atoms with van der Waals surface area (Å²) in [6, 6.07) is 10.5. The molecule has 0 unspecified atom stereocenters. The summed E-state index contributed by atoms with van der Waals surface area (Å²) >= 11 is 0. The van der Waals surface area contributed by atoms with Gasteiger partial charge in [0, 0.05) is 41.4 Å². The maximum Gasteiger partial charge on any atom is 0.255 e. The Labute approximate surface area is 145 Å². The predicted octanol–water partition coefficient (Wildman–Crippen LogP) is 2.75. The Kier molecular flexibility index (Phi) is 4.27. The Balaban J connectivity index is 1.81. The van der Waals surface area contributed by atoms with Gasteiger partial charge in [-0.25, -0.2) is 4.98 Å². The number of aryl methyl sites for hydroxylation is 2. The number of benzene rings is 1. The molecule has 1 amide bonds. The normalized spacial score (nSPS) is 10.7. The Morgan fingerprint density at radius 2 is 1.76 bits per heavy atom. The highest BCUT2D eigenvalue weighted by Gasteiger charge is 2.10. The van der Waals surface area contributed by atoms with E-state index in [-0.39, 0.29) is 11.5 Å². The number of rotatable bonds is 3. The van der Waals surface area contributed by atoms with Crippen molar-refractivity contribution < 1.29 is 4.79 Å². The molecule has 1 N–H and O–H groups in total. The summed E-state index contributed by atoms with van der Waals surface area (Å²) in [6.07, 6.45) is 1.78. The van der Waals surface area contributed by atoms with Gasteiger partial charge in [0.1, 0.15) is 0 Å². The lowest BCUT2D eigenvalue weighted by Crippen LogP contribution is -2.22. The molecule has 0 fully saturated rings. The van der Waals surface area contributed by atoms with Crippen molar-refractivity contribution in [2.75, 3.05) is 5.32 Å². The number of nitrogens with zero attached hydrogens (tertiary/aromatic N) is 3. The highest BCUT2D eigenvalue weighted by molar-refractivity contribution is 6.04. The number of carbonyl (C=O) groups excluding carboxylic acids is 1. The van der Waals surface area contributed by atoms with Gasteiger partial charge in [0.25, 0.3) is 11.5 Å². The van der Waals surface area contributed by atoms with Crippen LogP contribution in [0.15, 0.2) is 47.5 Å². The number of nitrogens with one attached hydrogen (secondary N) is 1. The molecule has 0 radical (unpaired) electrons. The summed E-state index contributed by atoms with van der Waals surface area (Å²) in [4.78, 5) is 28.5. The molecule has 128 valence electrons. The van der Waals surface area contributed by atoms with Crippen molar-refractivity contribution in [3.05, 3.63) is 75.7 Å². The lowest BCUT2D eigenvalue weighted by atomic mass is 10.2. The van der Waals surface area contributed by atoms with Crippen molar-refractivity contribution in [2.45, 2.75) is 20.8 Å². The minimum absolute atomic E-state index is 0.202. The third-order valence-corrected chi connectivity index (χ3v) is 4.42. The Bertz CT molecular complexity index is 997. The molecule has 2 aromatic heterocycles. The molecule has 0 aliphatic rings. The molecule has 0 saturated carbocycles. The lowest BCUT2D eigenvalue weighted by Gasteiger charge is -2.10. The van der Waals surface area contributed by atoms with Gasteiger partial charge in [-0.15, -0.1) is 0 Å². The van der Waals surface area contributed by atoms with Crippen molar-refractivity contribution >= 4 is 11.6 Å². The minimum Gasteiger partial charge on any atom is -0.322 e. The summed E-state index contributed by atoms with van der Waals surface area (Å²) in [7, 11) is 1.68. The first-order valence-corrected chi connectivity index (χ1v) is 7.97. The quantitative estimate of drug-likeness (QED) is 0.799. The van der Waals surface area contributed by atoms with E-state index in [1.54, 1.807) is 26.4 Å². The number of carbonyl (C=O) groups is 1. The first-order chi connectivity index (χ1) is 11.9. The van der Waals surface area contributed by atoms with Gasteiger partial charge in [-0.3, -0.25) is 9.59 Å². The van der Waals surface area contributed by atoms with Crippen LogP contribution in [0.4, 0.5) is 5.69 Å². The van der Waals surface area contributed by atoms with E-state index in [2.05, 4.69) is 10.3 Å². The SMILES string of the molecule is Cc1ncn(-c2ccc(NC(=O)c3cc(C)n(C)c(=O)c3)cc2)c1C. The average Bonchev–Trinajstić information content (AvgIpc) is 2.92. The molecule has 0 spiro atoms. The maximum absolute atomic E-state index is 12.4. The fraction of sp³-hybridized carbons (Fsp3) is 0.211. The molecule has 6 heteroatoms. The molecule has 0 aliphatic carbocycles. The number of aromatic nitrogens is 3. The van der Waals surface area contributed by atoms with Crippen molar-refractivity contribution in [3.63, 3.8) is 0 Å². The molecule has 1 aromatic carbocycles. The second-order valence-corrected chi connectivity index (χ2v) is 6.07. The fourth-order valence-electron chi connectivity index (χ4n) is 2.57. The predicted molar refractivity (Wildman–Crippen MR) is 97.4 cm³/mol. The molecule has 25 heavy (non-hydrogen) atoms. The Morgan fingerprint density at radius 3 is 2.32 bits per heavy atom. The smallest absolute Gasteiger partial charge is 0.255 e. The number of hydrogen-bond donors (Lipinski definition) is 1. The van der Waals surface area contributed by atoms with Crippen LogP contribution in [0.5, 0.6) is 0 Å². The standard InChI is InChI=1S/C19H20N4O2/c1-12-9-15(10-18(24)22(12)4)19(25)21-16-5-7-17(8-6-16)23-11-20-13(2)14(23)3/h5-11H,1-4H3,(H,21,25). The zero-order valence-corrected chi connectivity index (χ0v) is 14.7. The number of pyridine rings is 1. The van der Waals surface area contributed by atoms with E-state index in [9.17, 15) is 9.59 Å². The average molecular weight is 336 g/mol. The largest absolute Gasteiger partial charge is 0.322 e. The number of imidazole rings is 1. The minimum atomic E-state index is -0.303. The molecular weight excluding hydrogens is 316 g/mol. The number of hydrogen-bond acceptors (Lipinski definition) is 3. The summed E-state index contributed by atoms with van der Waals surface area (Å²) < 4.78 is 3.49. The molecule has 6 nitrogen and oxygen atoms in total. The lowest BCUT2D eigenvalue weighted by molar-refractivity contribution is 0.102. The van der Waals surface area contributed by atoms with Crippen molar-refractivity contribution in [2.24, 2.45) is 7.05 Å². The summed E-state index contributed by atoms with van der Waals surface area (Å²) in [5.74, 6) is -0.303. The third-order valence-electron chi connectivity index (χ3n) is 4.42. The van der Waals surface area contributed by atoms with E-state index in [0.29, 0.717) is 11.3 Å². The van der Waals surface area contributed by atoms with Crippen LogP contribution in [0.1, 0.15) is 27.4 Å². The van der Waals surface area contributed by atoms with Gasteiger partial charge in [-0.05, 0) is 51.1 Å². The van der Waals surface area contributed by atoms with Crippen LogP contribution < -0.4 is 10.9 Å².